The Hall–Kier alpha value is -1.06. The Labute approximate surface area is 104 Å². The van der Waals surface area contributed by atoms with Crippen LogP contribution >= 0.6 is 15.9 Å². The van der Waals surface area contributed by atoms with E-state index in [2.05, 4.69) is 46.4 Å². The third kappa shape index (κ3) is 2.97. The maximum Gasteiger partial charge on any atom is 0.117 e. The van der Waals surface area contributed by atoms with Crippen LogP contribution < -0.4 is 5.32 Å². The van der Waals surface area contributed by atoms with Crippen LogP contribution in [0.5, 0.6) is 0 Å². The highest BCUT2D eigenvalue weighted by Crippen LogP contribution is 2.15. The summed E-state index contributed by atoms with van der Waals surface area (Å²) in [6.45, 7) is 3.75. The van der Waals surface area contributed by atoms with E-state index in [9.17, 15) is 0 Å². The Kier molecular flexibility index (Phi) is 3.80. The molecular weight excluding hydrogens is 266 g/mol. The molecule has 0 aliphatic heterocycles. The SMILES string of the molecule is Cc1cc(Br)ccc1CNCc1ccco1. The van der Waals surface area contributed by atoms with Crippen molar-refractivity contribution in [3.63, 3.8) is 0 Å². The predicted octanol–water partition coefficient (Wildman–Crippen LogP) is 3.64. The third-order valence-corrected chi connectivity index (χ3v) is 2.99. The highest BCUT2D eigenvalue weighted by molar-refractivity contribution is 9.10. The van der Waals surface area contributed by atoms with Gasteiger partial charge in [-0.3, -0.25) is 0 Å². The van der Waals surface area contributed by atoms with Crippen LogP contribution in [-0.4, -0.2) is 0 Å². The van der Waals surface area contributed by atoms with Crippen molar-refractivity contribution < 1.29 is 4.42 Å². The second-order valence-electron chi connectivity index (χ2n) is 3.75. The molecule has 0 saturated carbocycles. The maximum atomic E-state index is 5.25. The first-order valence-corrected chi connectivity index (χ1v) is 6.03. The molecule has 1 N–H and O–H groups in total. The molecule has 1 aromatic carbocycles. The van der Waals surface area contributed by atoms with Gasteiger partial charge in [0.2, 0.25) is 0 Å². The zero-order valence-corrected chi connectivity index (χ0v) is 10.8. The first-order chi connectivity index (χ1) is 7.75. The van der Waals surface area contributed by atoms with E-state index in [-0.39, 0.29) is 0 Å². The first kappa shape index (κ1) is 11.4. The highest BCUT2D eigenvalue weighted by atomic mass is 79.9. The molecule has 1 aromatic heterocycles. The number of halogens is 1. The van der Waals surface area contributed by atoms with Crippen LogP contribution in [0.1, 0.15) is 16.9 Å². The minimum Gasteiger partial charge on any atom is -0.468 e. The molecule has 0 fully saturated rings. The fraction of sp³-hybridized carbons (Fsp3) is 0.231. The molecule has 0 aliphatic carbocycles. The number of hydrogen-bond acceptors (Lipinski definition) is 2. The van der Waals surface area contributed by atoms with Crippen molar-refractivity contribution in [2.45, 2.75) is 20.0 Å². The fourth-order valence-corrected chi connectivity index (χ4v) is 2.07. The molecule has 0 unspecified atom stereocenters. The molecule has 0 saturated heterocycles. The number of nitrogens with one attached hydrogen (secondary N) is 1. The summed E-state index contributed by atoms with van der Waals surface area (Å²) in [6, 6.07) is 10.2. The second kappa shape index (κ2) is 5.32. The quantitative estimate of drug-likeness (QED) is 0.925. The van der Waals surface area contributed by atoms with Crippen LogP contribution in [0.2, 0.25) is 0 Å². The van der Waals surface area contributed by atoms with E-state index in [1.54, 1.807) is 6.26 Å². The Morgan fingerprint density at radius 3 is 2.81 bits per heavy atom. The van der Waals surface area contributed by atoms with Gasteiger partial charge in [-0.25, -0.2) is 0 Å². The van der Waals surface area contributed by atoms with E-state index in [1.807, 2.05) is 12.1 Å². The molecule has 0 aliphatic rings. The van der Waals surface area contributed by atoms with E-state index < -0.39 is 0 Å². The molecule has 2 aromatic rings. The molecule has 2 rings (SSSR count). The van der Waals surface area contributed by atoms with Gasteiger partial charge in [0.05, 0.1) is 12.8 Å². The standard InChI is InChI=1S/C13H14BrNO/c1-10-7-12(14)5-4-11(10)8-15-9-13-3-2-6-16-13/h2-7,15H,8-9H2,1H3. The average molecular weight is 280 g/mol. The highest BCUT2D eigenvalue weighted by Gasteiger charge is 1.99. The van der Waals surface area contributed by atoms with Gasteiger partial charge >= 0.3 is 0 Å². The van der Waals surface area contributed by atoms with Crippen LogP contribution in [0.3, 0.4) is 0 Å². The zero-order chi connectivity index (χ0) is 11.4. The molecule has 2 nitrogen and oxygen atoms in total. The first-order valence-electron chi connectivity index (χ1n) is 5.24. The Bertz CT molecular complexity index is 451. The molecule has 3 heteroatoms. The van der Waals surface area contributed by atoms with Gasteiger partial charge in [-0.15, -0.1) is 0 Å². The summed E-state index contributed by atoms with van der Waals surface area (Å²) < 4.78 is 6.38. The number of hydrogen-bond donors (Lipinski definition) is 1. The summed E-state index contributed by atoms with van der Waals surface area (Å²) in [5, 5.41) is 3.36. The lowest BCUT2D eigenvalue weighted by Gasteiger charge is -2.07. The minimum atomic E-state index is 0.766. The lowest BCUT2D eigenvalue weighted by molar-refractivity contribution is 0.483. The maximum absolute atomic E-state index is 5.25. The molecule has 0 radical (unpaired) electrons. The van der Waals surface area contributed by atoms with Gasteiger partial charge in [-0.1, -0.05) is 22.0 Å². The van der Waals surface area contributed by atoms with E-state index in [0.29, 0.717) is 0 Å². The normalized spacial score (nSPS) is 10.6. The summed E-state index contributed by atoms with van der Waals surface area (Å²) in [5.74, 6) is 0.967. The van der Waals surface area contributed by atoms with Crippen molar-refractivity contribution >= 4 is 15.9 Å². The van der Waals surface area contributed by atoms with Crippen molar-refractivity contribution in [1.29, 1.82) is 0 Å². The van der Waals surface area contributed by atoms with Crippen LogP contribution in [0.15, 0.2) is 45.5 Å². The Morgan fingerprint density at radius 2 is 2.12 bits per heavy atom. The molecule has 1 heterocycles. The van der Waals surface area contributed by atoms with Crippen LogP contribution in [0.4, 0.5) is 0 Å². The van der Waals surface area contributed by atoms with Gasteiger partial charge in [0, 0.05) is 11.0 Å². The smallest absolute Gasteiger partial charge is 0.117 e. The Morgan fingerprint density at radius 1 is 1.25 bits per heavy atom. The lowest BCUT2D eigenvalue weighted by Crippen LogP contribution is -2.12. The van der Waals surface area contributed by atoms with Crippen molar-refractivity contribution in [2.24, 2.45) is 0 Å². The van der Waals surface area contributed by atoms with Crippen molar-refractivity contribution in [3.05, 3.63) is 58.0 Å². The van der Waals surface area contributed by atoms with Gasteiger partial charge < -0.3 is 9.73 Å². The van der Waals surface area contributed by atoms with Crippen molar-refractivity contribution in [3.8, 4) is 0 Å². The number of aryl methyl sites for hydroxylation is 1. The Balaban J connectivity index is 1.90. The fourth-order valence-electron chi connectivity index (χ4n) is 1.59. The number of rotatable bonds is 4. The van der Waals surface area contributed by atoms with Crippen molar-refractivity contribution in [2.75, 3.05) is 0 Å². The topological polar surface area (TPSA) is 25.2 Å². The third-order valence-electron chi connectivity index (χ3n) is 2.50. The molecule has 84 valence electrons. The molecule has 0 amide bonds. The van der Waals surface area contributed by atoms with E-state index in [0.717, 1.165) is 23.3 Å². The average Bonchev–Trinajstić information content (AvgIpc) is 2.74. The largest absolute Gasteiger partial charge is 0.468 e. The van der Waals surface area contributed by atoms with Crippen LogP contribution in [0, 0.1) is 6.92 Å². The lowest BCUT2D eigenvalue weighted by atomic mass is 10.1. The van der Waals surface area contributed by atoms with Gasteiger partial charge in [0.15, 0.2) is 0 Å². The minimum absolute atomic E-state index is 0.766. The van der Waals surface area contributed by atoms with Crippen molar-refractivity contribution in [1.82, 2.24) is 5.32 Å². The van der Waals surface area contributed by atoms with E-state index in [1.165, 1.54) is 11.1 Å². The van der Waals surface area contributed by atoms with Gasteiger partial charge in [0.1, 0.15) is 5.76 Å². The number of benzene rings is 1. The molecule has 0 atom stereocenters. The monoisotopic (exact) mass is 279 g/mol. The van der Waals surface area contributed by atoms with Gasteiger partial charge in [-0.2, -0.15) is 0 Å². The molecular formula is C13H14BrNO. The molecule has 0 spiro atoms. The predicted molar refractivity (Wildman–Crippen MR) is 68.1 cm³/mol. The zero-order valence-electron chi connectivity index (χ0n) is 9.16. The molecule has 0 bridgehead atoms. The number of furan rings is 1. The van der Waals surface area contributed by atoms with Crippen LogP contribution in [0.25, 0.3) is 0 Å². The van der Waals surface area contributed by atoms with E-state index in [4.69, 9.17) is 4.42 Å². The summed E-state index contributed by atoms with van der Waals surface area (Å²) in [6.07, 6.45) is 1.70. The van der Waals surface area contributed by atoms with Crippen LogP contribution in [-0.2, 0) is 13.1 Å². The van der Waals surface area contributed by atoms with Gasteiger partial charge in [-0.05, 0) is 42.3 Å². The summed E-state index contributed by atoms with van der Waals surface area (Å²) in [5.41, 5.74) is 2.61. The summed E-state index contributed by atoms with van der Waals surface area (Å²) in [7, 11) is 0. The van der Waals surface area contributed by atoms with Gasteiger partial charge in [0.25, 0.3) is 0 Å². The summed E-state index contributed by atoms with van der Waals surface area (Å²) >= 11 is 3.46. The van der Waals surface area contributed by atoms with E-state index >= 15 is 0 Å². The summed E-state index contributed by atoms with van der Waals surface area (Å²) in [4.78, 5) is 0. The molecule has 16 heavy (non-hydrogen) atoms. The second-order valence-corrected chi connectivity index (χ2v) is 4.67.